The predicted octanol–water partition coefficient (Wildman–Crippen LogP) is 4.52. The van der Waals surface area contributed by atoms with Crippen molar-refractivity contribution in [2.24, 2.45) is 0 Å². The lowest BCUT2D eigenvalue weighted by molar-refractivity contribution is 0.0910. The van der Waals surface area contributed by atoms with E-state index in [0.717, 1.165) is 60.5 Å². The molecule has 2 aromatic carbocycles. The Morgan fingerprint density at radius 1 is 1.09 bits per heavy atom. The van der Waals surface area contributed by atoms with Gasteiger partial charge in [0.2, 0.25) is 0 Å². The summed E-state index contributed by atoms with van der Waals surface area (Å²) in [6, 6.07) is 20.2. The Morgan fingerprint density at radius 2 is 1.83 bits per heavy atom. The molecule has 0 atom stereocenters. The van der Waals surface area contributed by atoms with E-state index in [1.165, 1.54) is 5.56 Å². The fourth-order valence-corrected chi connectivity index (χ4v) is 4.80. The number of hydrogen-bond donors (Lipinski definition) is 1. The first-order chi connectivity index (χ1) is 17.2. The molecule has 0 aliphatic carbocycles. The van der Waals surface area contributed by atoms with Crippen LogP contribution in [-0.4, -0.2) is 51.8 Å². The predicted molar refractivity (Wildman–Crippen MR) is 137 cm³/mol. The van der Waals surface area contributed by atoms with Crippen LogP contribution in [0.4, 0.5) is 0 Å². The van der Waals surface area contributed by atoms with Crippen LogP contribution in [0.1, 0.15) is 35.7 Å². The standard InChI is InChI=1S/C28H31N5O2/c1-3-33-27-24(18-29-33)23(17-25(31-27)20-9-5-4-6-10-20)28(34)30-22-13-15-32(16-14-22)19-21-11-7-8-12-26(21)35-2/h4-12,17-18,22H,3,13-16,19H2,1-2H3,(H,30,34). The number of pyridine rings is 1. The Morgan fingerprint density at radius 3 is 2.57 bits per heavy atom. The summed E-state index contributed by atoms with van der Waals surface area (Å²) in [6.07, 6.45) is 3.58. The normalized spacial score (nSPS) is 14.8. The molecule has 0 saturated carbocycles. The second kappa shape index (κ2) is 10.3. The highest BCUT2D eigenvalue weighted by Crippen LogP contribution is 2.26. The first kappa shape index (κ1) is 23.1. The Balaban J connectivity index is 1.31. The van der Waals surface area contributed by atoms with Crippen LogP contribution in [0.15, 0.2) is 66.9 Å². The van der Waals surface area contributed by atoms with Crippen molar-refractivity contribution in [1.82, 2.24) is 25.0 Å². The molecule has 0 unspecified atom stereocenters. The van der Waals surface area contributed by atoms with Gasteiger partial charge < -0.3 is 10.1 Å². The molecule has 0 radical (unpaired) electrons. The van der Waals surface area contributed by atoms with Crippen LogP contribution in [0.3, 0.4) is 0 Å². The largest absolute Gasteiger partial charge is 0.496 e. The van der Waals surface area contributed by atoms with E-state index in [0.29, 0.717) is 12.1 Å². The number of methoxy groups -OCH3 is 1. The first-order valence-electron chi connectivity index (χ1n) is 12.2. The van der Waals surface area contributed by atoms with Crippen molar-refractivity contribution in [3.63, 3.8) is 0 Å². The van der Waals surface area contributed by atoms with E-state index in [1.54, 1.807) is 13.3 Å². The molecule has 35 heavy (non-hydrogen) atoms. The SMILES string of the molecule is CCn1ncc2c(C(=O)NC3CCN(Cc4ccccc4OC)CC3)cc(-c3ccccc3)nc21. The lowest BCUT2D eigenvalue weighted by atomic mass is 10.0. The van der Waals surface area contributed by atoms with Crippen molar-refractivity contribution >= 4 is 16.9 Å². The van der Waals surface area contributed by atoms with Crippen molar-refractivity contribution in [2.45, 2.75) is 38.9 Å². The average molecular weight is 470 g/mol. The number of hydrogen-bond acceptors (Lipinski definition) is 5. The number of benzene rings is 2. The van der Waals surface area contributed by atoms with E-state index in [-0.39, 0.29) is 11.9 Å². The van der Waals surface area contributed by atoms with E-state index in [2.05, 4.69) is 21.4 Å². The molecule has 5 rings (SSSR count). The highest BCUT2D eigenvalue weighted by molar-refractivity contribution is 6.06. The Hall–Kier alpha value is -3.71. The first-order valence-corrected chi connectivity index (χ1v) is 12.2. The van der Waals surface area contributed by atoms with Crippen molar-refractivity contribution < 1.29 is 9.53 Å². The third-order valence-corrected chi connectivity index (χ3v) is 6.73. The van der Waals surface area contributed by atoms with Crippen molar-refractivity contribution in [1.29, 1.82) is 0 Å². The molecular weight excluding hydrogens is 438 g/mol. The summed E-state index contributed by atoms with van der Waals surface area (Å²) >= 11 is 0. The number of carbonyl (C=O) groups is 1. The number of aryl methyl sites for hydroxylation is 1. The lowest BCUT2D eigenvalue weighted by Crippen LogP contribution is -2.44. The molecule has 180 valence electrons. The van der Waals surface area contributed by atoms with Crippen LogP contribution in [-0.2, 0) is 13.1 Å². The second-order valence-corrected chi connectivity index (χ2v) is 8.95. The molecule has 3 heterocycles. The van der Waals surface area contributed by atoms with Gasteiger partial charge in [0.15, 0.2) is 5.65 Å². The Bertz CT molecular complexity index is 1310. The molecule has 0 spiro atoms. The zero-order valence-corrected chi connectivity index (χ0v) is 20.3. The number of aromatic nitrogens is 3. The van der Waals surface area contributed by atoms with Crippen molar-refractivity contribution in [3.05, 3.63) is 78.0 Å². The van der Waals surface area contributed by atoms with Crippen LogP contribution >= 0.6 is 0 Å². The average Bonchev–Trinajstić information content (AvgIpc) is 3.33. The summed E-state index contributed by atoms with van der Waals surface area (Å²) in [5.41, 5.74) is 4.33. The van der Waals surface area contributed by atoms with E-state index >= 15 is 0 Å². The number of ether oxygens (including phenoxy) is 1. The fraction of sp³-hybridized carbons (Fsp3) is 0.321. The molecule has 1 N–H and O–H groups in total. The van der Waals surface area contributed by atoms with E-state index in [9.17, 15) is 4.79 Å². The summed E-state index contributed by atoms with van der Waals surface area (Å²) in [7, 11) is 1.71. The highest BCUT2D eigenvalue weighted by Gasteiger charge is 2.24. The molecule has 0 bridgehead atoms. The van der Waals surface area contributed by atoms with E-state index in [1.807, 2.05) is 66.2 Å². The highest BCUT2D eigenvalue weighted by atomic mass is 16.5. The summed E-state index contributed by atoms with van der Waals surface area (Å²) in [4.78, 5) is 20.7. The lowest BCUT2D eigenvalue weighted by Gasteiger charge is -2.32. The van der Waals surface area contributed by atoms with Crippen molar-refractivity contribution in [3.8, 4) is 17.0 Å². The van der Waals surface area contributed by atoms with Crippen molar-refractivity contribution in [2.75, 3.05) is 20.2 Å². The smallest absolute Gasteiger partial charge is 0.252 e. The summed E-state index contributed by atoms with van der Waals surface area (Å²) in [5, 5.41) is 8.53. The maximum atomic E-state index is 13.5. The summed E-state index contributed by atoms with van der Waals surface area (Å²) < 4.78 is 7.34. The zero-order chi connectivity index (χ0) is 24.2. The van der Waals surface area contributed by atoms with Gasteiger partial charge in [-0.1, -0.05) is 48.5 Å². The molecule has 1 fully saturated rings. The topological polar surface area (TPSA) is 72.3 Å². The van der Waals surface area contributed by atoms with E-state index < -0.39 is 0 Å². The zero-order valence-electron chi connectivity index (χ0n) is 20.3. The van der Waals surface area contributed by atoms with E-state index in [4.69, 9.17) is 9.72 Å². The number of carbonyl (C=O) groups excluding carboxylic acids is 1. The second-order valence-electron chi connectivity index (χ2n) is 8.95. The van der Waals surface area contributed by atoms with Gasteiger partial charge in [-0.3, -0.25) is 9.69 Å². The van der Waals surface area contributed by atoms with Crippen LogP contribution in [0.25, 0.3) is 22.3 Å². The van der Waals surface area contributed by atoms with Crippen LogP contribution < -0.4 is 10.1 Å². The minimum Gasteiger partial charge on any atom is -0.496 e. The number of amides is 1. The third-order valence-electron chi connectivity index (χ3n) is 6.73. The molecule has 1 amide bonds. The summed E-state index contributed by atoms with van der Waals surface area (Å²) in [6.45, 7) is 5.43. The van der Waals surface area contributed by atoms with Gasteiger partial charge in [-0.2, -0.15) is 5.10 Å². The number of piperidine rings is 1. The van der Waals surface area contributed by atoms with Crippen LogP contribution in [0, 0.1) is 0 Å². The third kappa shape index (κ3) is 4.91. The van der Waals surface area contributed by atoms with Gasteiger partial charge in [0, 0.05) is 43.3 Å². The molecule has 1 aliphatic heterocycles. The minimum absolute atomic E-state index is 0.0617. The number of fused-ring (bicyclic) bond motifs is 1. The monoisotopic (exact) mass is 469 g/mol. The Kier molecular flexibility index (Phi) is 6.77. The van der Waals surface area contributed by atoms with Crippen LogP contribution in [0.5, 0.6) is 5.75 Å². The number of rotatable bonds is 7. The molecule has 7 heteroatoms. The maximum absolute atomic E-state index is 13.5. The maximum Gasteiger partial charge on any atom is 0.252 e. The summed E-state index contributed by atoms with van der Waals surface area (Å²) in [5.74, 6) is 0.861. The fourth-order valence-electron chi connectivity index (χ4n) is 4.80. The van der Waals surface area contributed by atoms with Gasteiger partial charge in [-0.15, -0.1) is 0 Å². The van der Waals surface area contributed by atoms with Gasteiger partial charge in [-0.05, 0) is 31.9 Å². The minimum atomic E-state index is -0.0617. The quantitative estimate of drug-likeness (QED) is 0.431. The molecule has 4 aromatic rings. The number of likely N-dealkylation sites (tertiary alicyclic amines) is 1. The molecule has 7 nitrogen and oxygen atoms in total. The Labute approximate surface area is 205 Å². The molecule has 2 aromatic heterocycles. The molecular formula is C28H31N5O2. The molecule has 1 saturated heterocycles. The number of nitrogens with one attached hydrogen (secondary N) is 1. The van der Waals surface area contributed by atoms with Gasteiger partial charge in [0.1, 0.15) is 5.75 Å². The van der Waals surface area contributed by atoms with Gasteiger partial charge in [-0.25, -0.2) is 9.67 Å². The number of para-hydroxylation sites is 1. The van der Waals surface area contributed by atoms with Gasteiger partial charge in [0.25, 0.3) is 5.91 Å². The molecule has 1 aliphatic rings. The number of nitrogens with zero attached hydrogens (tertiary/aromatic N) is 4. The van der Waals surface area contributed by atoms with Crippen LogP contribution in [0.2, 0.25) is 0 Å². The van der Waals surface area contributed by atoms with Gasteiger partial charge >= 0.3 is 0 Å². The van der Waals surface area contributed by atoms with Gasteiger partial charge in [0.05, 0.1) is 30.0 Å².